The van der Waals surface area contributed by atoms with Crippen LogP contribution in [0.25, 0.3) is 6.08 Å². The minimum Gasteiger partial charge on any atom is -0.490 e. The van der Waals surface area contributed by atoms with Crippen molar-refractivity contribution in [3.63, 3.8) is 0 Å². The second-order valence-corrected chi connectivity index (χ2v) is 11.4. The van der Waals surface area contributed by atoms with Crippen molar-refractivity contribution in [2.45, 2.75) is 23.9 Å². The van der Waals surface area contributed by atoms with E-state index in [0.29, 0.717) is 17.1 Å². The second-order valence-electron chi connectivity index (χ2n) is 6.90. The Morgan fingerprint density at radius 2 is 1.83 bits per heavy atom. The van der Waals surface area contributed by atoms with Gasteiger partial charge in [0.1, 0.15) is 16.5 Å². The predicted molar refractivity (Wildman–Crippen MR) is 132 cm³/mol. The number of carbonyl (C=O) groups excluding carboxylic acids is 1. The number of carbonyl (C=O) groups is 1. The molecular weight excluding hydrogens is 528 g/mol. The van der Waals surface area contributed by atoms with E-state index in [1.165, 1.54) is 43.3 Å². The summed E-state index contributed by atoms with van der Waals surface area (Å²) in [5.74, 6) is -1.02. The zero-order chi connectivity index (χ0) is 26.3. The van der Waals surface area contributed by atoms with E-state index in [2.05, 4.69) is 14.7 Å². The third-order valence-corrected chi connectivity index (χ3v) is 7.95. The van der Waals surface area contributed by atoms with E-state index in [-0.39, 0.29) is 39.5 Å². The Bertz CT molecular complexity index is 1540. The molecule has 0 spiro atoms. The molecule has 14 heteroatoms. The van der Waals surface area contributed by atoms with E-state index in [0.717, 1.165) is 0 Å². The van der Waals surface area contributed by atoms with Crippen LogP contribution in [0.4, 0.5) is 5.13 Å². The fourth-order valence-electron chi connectivity index (χ4n) is 2.70. The molecule has 0 aliphatic carbocycles. The Hall–Kier alpha value is -3.80. The van der Waals surface area contributed by atoms with Gasteiger partial charge in [-0.15, -0.1) is 0 Å². The molecule has 1 N–H and O–H groups in total. The number of aromatic nitrogens is 2. The summed E-state index contributed by atoms with van der Waals surface area (Å²) >= 11 is 0.666. The highest BCUT2D eigenvalue weighted by Crippen LogP contribution is 2.32. The molecule has 0 fully saturated rings. The number of rotatable bonds is 10. The summed E-state index contributed by atoms with van der Waals surface area (Å²) in [4.78, 5) is 16.3. The average molecular weight is 549 g/mol. The SMILES string of the molecule is CCOc1cc(/C=C(/C#N)C(=O)Nc2nc(S(=O)(=O)CC)ns2)ccc1OS(=O)(=O)c1ccccc1. The maximum Gasteiger partial charge on any atom is 0.339 e. The Balaban J connectivity index is 1.85. The normalized spacial score (nSPS) is 12.0. The van der Waals surface area contributed by atoms with Crippen molar-refractivity contribution in [3.05, 3.63) is 59.7 Å². The molecule has 2 aromatic carbocycles. The van der Waals surface area contributed by atoms with Gasteiger partial charge in [0.15, 0.2) is 11.5 Å². The van der Waals surface area contributed by atoms with Crippen LogP contribution in [0, 0.1) is 11.3 Å². The van der Waals surface area contributed by atoms with Gasteiger partial charge in [-0.1, -0.05) is 31.2 Å². The number of nitriles is 1. The predicted octanol–water partition coefficient (Wildman–Crippen LogP) is 3.04. The van der Waals surface area contributed by atoms with Gasteiger partial charge >= 0.3 is 10.1 Å². The first-order valence-electron chi connectivity index (χ1n) is 10.4. The molecule has 11 nitrogen and oxygen atoms in total. The monoisotopic (exact) mass is 548 g/mol. The molecule has 0 aliphatic rings. The third-order valence-electron chi connectivity index (χ3n) is 4.46. The molecule has 3 rings (SSSR count). The van der Waals surface area contributed by atoms with Crippen LogP contribution in [0.15, 0.2) is 64.2 Å². The lowest BCUT2D eigenvalue weighted by atomic mass is 10.1. The minimum atomic E-state index is -4.12. The zero-order valence-corrected chi connectivity index (χ0v) is 21.5. The molecule has 36 heavy (non-hydrogen) atoms. The highest BCUT2D eigenvalue weighted by atomic mass is 32.2. The van der Waals surface area contributed by atoms with Crippen LogP contribution >= 0.6 is 11.5 Å². The van der Waals surface area contributed by atoms with Crippen molar-refractivity contribution in [1.29, 1.82) is 5.26 Å². The van der Waals surface area contributed by atoms with Crippen LogP contribution in [0.5, 0.6) is 11.5 Å². The fourth-order valence-corrected chi connectivity index (χ4v) is 5.25. The number of nitrogens with zero attached hydrogens (tertiary/aromatic N) is 3. The van der Waals surface area contributed by atoms with Crippen molar-refractivity contribution < 1.29 is 30.6 Å². The van der Waals surface area contributed by atoms with Crippen molar-refractivity contribution >= 4 is 48.6 Å². The van der Waals surface area contributed by atoms with Gasteiger partial charge in [-0.05, 0) is 42.8 Å². The van der Waals surface area contributed by atoms with Gasteiger partial charge < -0.3 is 8.92 Å². The smallest absolute Gasteiger partial charge is 0.339 e. The minimum absolute atomic E-state index is 0.0357. The summed E-state index contributed by atoms with van der Waals surface area (Å²) in [5, 5.41) is 11.3. The van der Waals surface area contributed by atoms with Gasteiger partial charge in [0.25, 0.3) is 11.1 Å². The number of sulfone groups is 1. The number of hydrogen-bond donors (Lipinski definition) is 1. The lowest BCUT2D eigenvalue weighted by molar-refractivity contribution is -0.112. The first kappa shape index (κ1) is 26.8. The van der Waals surface area contributed by atoms with Crippen LogP contribution in [-0.4, -0.2) is 44.5 Å². The van der Waals surface area contributed by atoms with Gasteiger partial charge in [-0.3, -0.25) is 10.1 Å². The van der Waals surface area contributed by atoms with Crippen molar-refractivity contribution in [2.75, 3.05) is 17.7 Å². The highest BCUT2D eigenvalue weighted by molar-refractivity contribution is 7.91. The van der Waals surface area contributed by atoms with E-state index < -0.39 is 31.0 Å². The number of amides is 1. The fraction of sp³-hybridized carbons (Fsp3) is 0.182. The number of ether oxygens (including phenoxy) is 1. The Morgan fingerprint density at radius 3 is 2.47 bits per heavy atom. The molecule has 0 bridgehead atoms. The summed E-state index contributed by atoms with van der Waals surface area (Å²) in [5.41, 5.74) is 0.0271. The summed E-state index contributed by atoms with van der Waals surface area (Å²) < 4.78 is 63.3. The van der Waals surface area contributed by atoms with Crippen LogP contribution < -0.4 is 14.2 Å². The molecule has 0 saturated heterocycles. The summed E-state index contributed by atoms with van der Waals surface area (Å²) in [6.07, 6.45) is 1.25. The van der Waals surface area contributed by atoms with Crippen LogP contribution in [-0.2, 0) is 24.7 Å². The van der Waals surface area contributed by atoms with Crippen molar-refractivity contribution in [1.82, 2.24) is 9.36 Å². The molecule has 188 valence electrons. The van der Waals surface area contributed by atoms with Gasteiger partial charge in [0.2, 0.25) is 15.0 Å². The highest BCUT2D eigenvalue weighted by Gasteiger charge is 2.21. The largest absolute Gasteiger partial charge is 0.490 e. The molecule has 0 unspecified atom stereocenters. The molecule has 0 atom stereocenters. The van der Waals surface area contributed by atoms with Crippen LogP contribution in [0.3, 0.4) is 0 Å². The lowest BCUT2D eigenvalue weighted by Crippen LogP contribution is -2.14. The van der Waals surface area contributed by atoms with E-state index in [9.17, 15) is 26.9 Å². The summed E-state index contributed by atoms with van der Waals surface area (Å²) in [7, 11) is -7.76. The Morgan fingerprint density at radius 1 is 1.11 bits per heavy atom. The summed E-state index contributed by atoms with van der Waals surface area (Å²) in [6.45, 7) is 3.33. The lowest BCUT2D eigenvalue weighted by Gasteiger charge is -2.12. The third kappa shape index (κ3) is 6.45. The molecule has 0 aliphatic heterocycles. The molecule has 0 saturated carbocycles. The molecule has 1 amide bonds. The number of benzene rings is 2. The van der Waals surface area contributed by atoms with Gasteiger partial charge in [0.05, 0.1) is 12.4 Å². The Labute approximate surface area is 212 Å². The zero-order valence-electron chi connectivity index (χ0n) is 19.0. The molecule has 1 heterocycles. The first-order valence-corrected chi connectivity index (χ1v) is 14.2. The number of anilines is 1. The van der Waals surface area contributed by atoms with E-state index >= 15 is 0 Å². The maximum atomic E-state index is 12.6. The van der Waals surface area contributed by atoms with Gasteiger partial charge in [-0.25, -0.2) is 8.42 Å². The number of nitrogens with one attached hydrogen (secondary N) is 1. The van der Waals surface area contributed by atoms with Crippen molar-refractivity contribution in [2.24, 2.45) is 0 Å². The van der Waals surface area contributed by atoms with E-state index in [1.54, 1.807) is 31.2 Å². The van der Waals surface area contributed by atoms with Gasteiger partial charge in [0, 0.05) is 11.5 Å². The van der Waals surface area contributed by atoms with Crippen LogP contribution in [0.2, 0.25) is 0 Å². The molecule has 1 aromatic heterocycles. The Kier molecular flexibility index (Phi) is 8.41. The second kappa shape index (κ2) is 11.3. The van der Waals surface area contributed by atoms with Crippen molar-refractivity contribution in [3.8, 4) is 17.6 Å². The quantitative estimate of drug-likeness (QED) is 0.226. The average Bonchev–Trinajstić information content (AvgIpc) is 3.34. The molecular formula is C22H20N4O7S3. The molecule has 0 radical (unpaired) electrons. The standard InChI is InChI=1S/C22H20N4O7S3/c1-3-32-19-13-15(10-11-18(19)33-36(30,31)17-8-6-5-7-9-17)12-16(14-23)20(27)24-21-25-22(26-34-21)35(28,29)4-2/h5-13H,3-4H2,1-2H3,(H,24,25,26,27)/b16-12-. The topological polar surface area (TPSA) is 165 Å². The molecule has 3 aromatic rings. The first-order chi connectivity index (χ1) is 17.1. The number of hydrogen-bond acceptors (Lipinski definition) is 11. The summed E-state index contributed by atoms with van der Waals surface area (Å²) in [6, 6.07) is 13.6. The van der Waals surface area contributed by atoms with E-state index in [4.69, 9.17) is 8.92 Å². The van der Waals surface area contributed by atoms with Crippen LogP contribution in [0.1, 0.15) is 19.4 Å². The van der Waals surface area contributed by atoms with E-state index in [1.807, 2.05) is 0 Å². The maximum absolute atomic E-state index is 12.6. The van der Waals surface area contributed by atoms with Gasteiger partial charge in [-0.2, -0.15) is 23.0 Å².